The van der Waals surface area contributed by atoms with Crippen LogP contribution in [-0.4, -0.2) is 26.9 Å². The first-order valence-corrected chi connectivity index (χ1v) is 10.8. The Kier molecular flexibility index (Phi) is 5.34. The summed E-state index contributed by atoms with van der Waals surface area (Å²) in [5.41, 5.74) is 5.49. The predicted molar refractivity (Wildman–Crippen MR) is 120 cm³/mol. The van der Waals surface area contributed by atoms with E-state index >= 15 is 0 Å². The number of carbonyl (C=O) groups is 2. The molecule has 1 amide bonds. The zero-order chi connectivity index (χ0) is 22.9. The fourth-order valence-electron chi connectivity index (χ4n) is 4.57. The summed E-state index contributed by atoms with van der Waals surface area (Å²) in [6.07, 6.45) is 1.37. The molecule has 8 heteroatoms. The molecule has 33 heavy (non-hydrogen) atoms. The van der Waals surface area contributed by atoms with Gasteiger partial charge in [0, 0.05) is 36.0 Å². The van der Waals surface area contributed by atoms with E-state index in [1.807, 2.05) is 30.3 Å². The van der Waals surface area contributed by atoms with Gasteiger partial charge in [0.05, 0.1) is 11.4 Å². The molecule has 0 fully saturated rings. The molecule has 2 N–H and O–H groups in total. The molecular formula is C25H21FN4O3. The third kappa shape index (κ3) is 3.84. The highest BCUT2D eigenvalue weighted by molar-refractivity contribution is 6.01. The number of Topliss-reactive ketones (excluding diaryl/α,β-unsaturated/α-hetero) is 1. The molecule has 166 valence electrons. The van der Waals surface area contributed by atoms with E-state index in [-0.39, 0.29) is 18.1 Å². The van der Waals surface area contributed by atoms with Gasteiger partial charge in [-0.25, -0.2) is 14.5 Å². The topological polar surface area (TPSA) is 95.2 Å². The number of allylic oxidation sites excluding steroid dienone is 2. The first-order chi connectivity index (χ1) is 16.0. The summed E-state index contributed by atoms with van der Waals surface area (Å²) in [5, 5.41) is 7.93. The fourth-order valence-corrected chi connectivity index (χ4v) is 4.57. The Labute approximate surface area is 188 Å². The summed E-state index contributed by atoms with van der Waals surface area (Å²) in [4.78, 5) is 38.3. The van der Waals surface area contributed by atoms with Gasteiger partial charge < -0.3 is 0 Å². The van der Waals surface area contributed by atoms with Crippen molar-refractivity contribution in [2.24, 2.45) is 0 Å². The van der Waals surface area contributed by atoms with E-state index in [0.717, 1.165) is 5.56 Å². The number of halogens is 1. The fraction of sp³-hybridized carbons (Fsp3) is 0.200. The van der Waals surface area contributed by atoms with Crippen LogP contribution < -0.4 is 11.0 Å². The second kappa shape index (κ2) is 8.46. The largest absolute Gasteiger partial charge is 0.294 e. The van der Waals surface area contributed by atoms with Gasteiger partial charge in [0.15, 0.2) is 5.78 Å². The van der Waals surface area contributed by atoms with E-state index in [1.54, 1.807) is 18.2 Å². The molecule has 2 aliphatic rings. The molecule has 1 aromatic heterocycles. The molecular weight excluding hydrogens is 423 g/mol. The Morgan fingerprint density at radius 2 is 1.76 bits per heavy atom. The van der Waals surface area contributed by atoms with Crippen LogP contribution in [0.25, 0.3) is 11.3 Å². The molecule has 5 rings (SSSR count). The number of H-pyrrole nitrogens is 1. The molecule has 0 radical (unpaired) electrons. The molecule has 2 heterocycles. The van der Waals surface area contributed by atoms with E-state index in [9.17, 15) is 18.8 Å². The summed E-state index contributed by atoms with van der Waals surface area (Å²) in [6.45, 7) is 0. The third-order valence-corrected chi connectivity index (χ3v) is 6.04. The van der Waals surface area contributed by atoms with Gasteiger partial charge in [0.25, 0.3) is 5.56 Å². The average Bonchev–Trinajstić information content (AvgIpc) is 2.82. The summed E-state index contributed by atoms with van der Waals surface area (Å²) in [6, 6.07) is 16.8. The summed E-state index contributed by atoms with van der Waals surface area (Å²) >= 11 is 0. The van der Waals surface area contributed by atoms with Crippen molar-refractivity contribution in [3.8, 4) is 11.3 Å². The van der Waals surface area contributed by atoms with Crippen molar-refractivity contribution in [3.05, 3.63) is 93.7 Å². The maximum absolute atomic E-state index is 14.6. The number of hydrazine groups is 1. The normalized spacial score (nSPS) is 18.3. The Bertz CT molecular complexity index is 1330. The van der Waals surface area contributed by atoms with Crippen molar-refractivity contribution in [3.63, 3.8) is 0 Å². The highest BCUT2D eigenvalue weighted by Crippen LogP contribution is 2.42. The minimum absolute atomic E-state index is 0.0597. The molecule has 3 aromatic rings. The number of aromatic nitrogens is 2. The second-order valence-corrected chi connectivity index (χ2v) is 8.12. The number of amides is 1. The number of nitrogens with zero attached hydrogens (tertiary/aromatic N) is 2. The van der Waals surface area contributed by atoms with Crippen LogP contribution in [0.3, 0.4) is 0 Å². The van der Waals surface area contributed by atoms with Crippen LogP contribution in [0.15, 0.2) is 76.7 Å². The predicted octanol–water partition coefficient (Wildman–Crippen LogP) is 3.93. The molecule has 0 spiro atoms. The van der Waals surface area contributed by atoms with E-state index in [4.69, 9.17) is 0 Å². The highest BCUT2D eigenvalue weighted by atomic mass is 19.1. The minimum atomic E-state index is -0.634. The number of ketones is 1. The van der Waals surface area contributed by atoms with Crippen LogP contribution in [0.2, 0.25) is 0 Å². The zero-order valence-corrected chi connectivity index (χ0v) is 17.7. The number of hydrogen-bond acceptors (Lipinski definition) is 5. The number of anilines is 1. The van der Waals surface area contributed by atoms with Gasteiger partial charge in [-0.05, 0) is 24.5 Å². The van der Waals surface area contributed by atoms with Crippen molar-refractivity contribution in [1.82, 2.24) is 15.2 Å². The highest BCUT2D eigenvalue weighted by Gasteiger charge is 2.40. The zero-order valence-electron chi connectivity index (χ0n) is 17.7. The number of carbonyl (C=O) groups excluding carboxylic acids is 2. The van der Waals surface area contributed by atoms with Gasteiger partial charge in [-0.2, -0.15) is 5.10 Å². The van der Waals surface area contributed by atoms with Crippen molar-refractivity contribution in [2.75, 3.05) is 5.43 Å². The van der Waals surface area contributed by atoms with Crippen LogP contribution in [0.4, 0.5) is 10.1 Å². The molecule has 0 saturated carbocycles. The number of hydrogen-bond donors (Lipinski definition) is 2. The van der Waals surface area contributed by atoms with Crippen LogP contribution in [0.1, 0.15) is 37.2 Å². The van der Waals surface area contributed by atoms with Crippen molar-refractivity contribution >= 4 is 17.4 Å². The quantitative estimate of drug-likeness (QED) is 0.636. The van der Waals surface area contributed by atoms with Crippen LogP contribution >= 0.6 is 0 Å². The van der Waals surface area contributed by atoms with E-state index in [0.29, 0.717) is 47.5 Å². The van der Waals surface area contributed by atoms with E-state index in [1.165, 1.54) is 17.1 Å². The molecule has 1 atom stereocenters. The average molecular weight is 444 g/mol. The first-order valence-electron chi connectivity index (χ1n) is 10.8. The van der Waals surface area contributed by atoms with Crippen molar-refractivity contribution in [2.45, 2.75) is 31.6 Å². The molecule has 1 aliphatic carbocycles. The van der Waals surface area contributed by atoms with E-state index < -0.39 is 17.3 Å². The van der Waals surface area contributed by atoms with Gasteiger partial charge in [-0.3, -0.25) is 19.8 Å². The molecule has 1 unspecified atom stereocenters. The van der Waals surface area contributed by atoms with Crippen LogP contribution in [-0.2, 0) is 9.59 Å². The van der Waals surface area contributed by atoms with Crippen molar-refractivity contribution < 1.29 is 14.0 Å². The maximum atomic E-state index is 14.6. The van der Waals surface area contributed by atoms with Gasteiger partial charge in [-0.1, -0.05) is 48.5 Å². The third-order valence-electron chi connectivity index (χ3n) is 6.04. The molecule has 1 aliphatic heterocycles. The Morgan fingerprint density at radius 3 is 2.55 bits per heavy atom. The number of benzene rings is 2. The van der Waals surface area contributed by atoms with Gasteiger partial charge >= 0.3 is 0 Å². The molecule has 2 aromatic carbocycles. The van der Waals surface area contributed by atoms with Crippen molar-refractivity contribution in [1.29, 1.82) is 0 Å². The van der Waals surface area contributed by atoms with Gasteiger partial charge in [0.1, 0.15) is 11.5 Å². The minimum Gasteiger partial charge on any atom is -0.294 e. The standard InChI is InChI=1S/C25H21FN4O3/c26-18-10-5-4-9-16(18)17-13-23(33)30(20-11-6-12-21(31)24(17)20)29-19-14-22(32)27-28-25(19)15-7-2-1-3-8-15/h1-5,7-10,14,17H,6,11-13H2,(H2,27,29,32). The Morgan fingerprint density at radius 1 is 1.00 bits per heavy atom. The van der Waals surface area contributed by atoms with E-state index in [2.05, 4.69) is 15.6 Å². The van der Waals surface area contributed by atoms with Crippen LogP contribution in [0.5, 0.6) is 0 Å². The second-order valence-electron chi connectivity index (χ2n) is 8.12. The summed E-state index contributed by atoms with van der Waals surface area (Å²) in [5.74, 6) is -1.47. The lowest BCUT2D eigenvalue weighted by atomic mass is 9.77. The SMILES string of the molecule is O=C1CCCC2=C1C(c1ccccc1F)CC(=O)N2Nc1cc(=O)[nH]nc1-c1ccccc1. The molecule has 0 bridgehead atoms. The summed E-state index contributed by atoms with van der Waals surface area (Å²) in [7, 11) is 0. The summed E-state index contributed by atoms with van der Waals surface area (Å²) < 4.78 is 14.6. The maximum Gasteiger partial charge on any atom is 0.266 e. The number of rotatable bonds is 4. The monoisotopic (exact) mass is 444 g/mol. The lowest BCUT2D eigenvalue weighted by molar-refractivity contribution is -0.130. The lowest BCUT2D eigenvalue weighted by Gasteiger charge is -2.38. The lowest BCUT2D eigenvalue weighted by Crippen LogP contribution is -2.44. The smallest absolute Gasteiger partial charge is 0.266 e. The van der Waals surface area contributed by atoms with Gasteiger partial charge in [-0.15, -0.1) is 0 Å². The molecule has 7 nitrogen and oxygen atoms in total. The Hall–Kier alpha value is -4.07. The molecule has 0 saturated heterocycles. The number of nitrogens with one attached hydrogen (secondary N) is 2. The Balaban J connectivity index is 1.60. The van der Waals surface area contributed by atoms with Crippen LogP contribution in [0, 0.1) is 5.82 Å². The first kappa shape index (κ1) is 20.8. The van der Waals surface area contributed by atoms with Gasteiger partial charge in [0.2, 0.25) is 5.91 Å². The number of aromatic amines is 1.